The molecule has 0 saturated carbocycles. The van der Waals surface area contributed by atoms with Crippen LogP contribution in [-0.4, -0.2) is 7.11 Å². The summed E-state index contributed by atoms with van der Waals surface area (Å²) < 4.78 is 11.2. The summed E-state index contributed by atoms with van der Waals surface area (Å²) in [6, 6.07) is 13.5. The summed E-state index contributed by atoms with van der Waals surface area (Å²) in [4.78, 5) is 0. The van der Waals surface area contributed by atoms with Crippen molar-refractivity contribution in [3.05, 3.63) is 53.1 Å². The molecule has 20 heavy (non-hydrogen) atoms. The Balaban J connectivity index is 2.40. The maximum Gasteiger partial charge on any atom is 0.169 e. The van der Waals surface area contributed by atoms with Crippen molar-refractivity contribution in [3.63, 3.8) is 0 Å². The van der Waals surface area contributed by atoms with Gasteiger partial charge < -0.3 is 9.47 Å². The first kappa shape index (κ1) is 14.0. The smallest absolute Gasteiger partial charge is 0.169 e. The first-order chi connectivity index (χ1) is 9.67. The van der Waals surface area contributed by atoms with E-state index in [1.54, 1.807) is 13.2 Å². The number of aryl methyl sites for hydroxylation is 2. The van der Waals surface area contributed by atoms with E-state index in [0.29, 0.717) is 22.8 Å². The quantitative estimate of drug-likeness (QED) is 0.832. The summed E-state index contributed by atoms with van der Waals surface area (Å²) in [6.07, 6.45) is 0.935. The zero-order valence-corrected chi connectivity index (χ0v) is 11.9. The van der Waals surface area contributed by atoms with Crippen LogP contribution in [0.5, 0.6) is 17.2 Å². The maximum atomic E-state index is 9.13. The zero-order valence-electron chi connectivity index (χ0n) is 11.9. The van der Waals surface area contributed by atoms with Crippen LogP contribution in [0, 0.1) is 18.3 Å². The van der Waals surface area contributed by atoms with Gasteiger partial charge in [-0.1, -0.05) is 19.1 Å². The van der Waals surface area contributed by atoms with E-state index in [0.717, 1.165) is 12.0 Å². The number of nitriles is 1. The van der Waals surface area contributed by atoms with Crippen LogP contribution >= 0.6 is 0 Å². The SMILES string of the molecule is CCc1ccc(Oc2cc(C)ccc2C#N)c(OC)c1. The minimum absolute atomic E-state index is 0.511. The minimum Gasteiger partial charge on any atom is -0.493 e. The molecular formula is C17H17NO2. The molecule has 0 aliphatic rings. The first-order valence-electron chi connectivity index (χ1n) is 6.53. The molecule has 0 aliphatic heterocycles. The molecule has 0 aromatic heterocycles. The van der Waals surface area contributed by atoms with E-state index in [1.165, 1.54) is 5.56 Å². The Bertz CT molecular complexity index is 657. The second kappa shape index (κ2) is 6.12. The lowest BCUT2D eigenvalue weighted by atomic mass is 10.1. The van der Waals surface area contributed by atoms with Gasteiger partial charge in [0.25, 0.3) is 0 Å². The van der Waals surface area contributed by atoms with Gasteiger partial charge in [0.05, 0.1) is 12.7 Å². The number of rotatable bonds is 4. The largest absolute Gasteiger partial charge is 0.493 e. The lowest BCUT2D eigenvalue weighted by Gasteiger charge is -2.12. The van der Waals surface area contributed by atoms with Crippen molar-refractivity contribution in [2.45, 2.75) is 20.3 Å². The third-order valence-corrected chi connectivity index (χ3v) is 3.11. The van der Waals surface area contributed by atoms with Gasteiger partial charge in [-0.3, -0.25) is 0 Å². The average Bonchev–Trinajstić information content (AvgIpc) is 2.48. The van der Waals surface area contributed by atoms with Crippen molar-refractivity contribution in [1.82, 2.24) is 0 Å². The van der Waals surface area contributed by atoms with Gasteiger partial charge in [0.15, 0.2) is 11.5 Å². The molecule has 0 amide bonds. The molecule has 2 aromatic rings. The molecule has 3 heteroatoms. The average molecular weight is 267 g/mol. The van der Waals surface area contributed by atoms with Crippen molar-refractivity contribution in [2.75, 3.05) is 7.11 Å². The van der Waals surface area contributed by atoms with Gasteiger partial charge in [-0.2, -0.15) is 5.26 Å². The molecule has 2 rings (SSSR count). The maximum absolute atomic E-state index is 9.13. The summed E-state index contributed by atoms with van der Waals surface area (Å²) in [5.74, 6) is 1.84. The number of nitrogens with zero attached hydrogens (tertiary/aromatic N) is 1. The number of hydrogen-bond donors (Lipinski definition) is 0. The van der Waals surface area contributed by atoms with E-state index in [4.69, 9.17) is 14.7 Å². The number of hydrogen-bond acceptors (Lipinski definition) is 3. The van der Waals surface area contributed by atoms with Crippen LogP contribution in [0.2, 0.25) is 0 Å². The molecule has 0 bridgehead atoms. The van der Waals surface area contributed by atoms with Crippen molar-refractivity contribution in [3.8, 4) is 23.3 Å². The fourth-order valence-corrected chi connectivity index (χ4v) is 1.94. The van der Waals surface area contributed by atoms with Crippen LogP contribution in [0.4, 0.5) is 0 Å². The van der Waals surface area contributed by atoms with Crippen LogP contribution in [0.15, 0.2) is 36.4 Å². The Labute approximate surface area is 119 Å². The van der Waals surface area contributed by atoms with Crippen LogP contribution in [0.25, 0.3) is 0 Å². The highest BCUT2D eigenvalue weighted by Crippen LogP contribution is 2.34. The van der Waals surface area contributed by atoms with Gasteiger partial charge in [0, 0.05) is 0 Å². The molecule has 2 aromatic carbocycles. The van der Waals surface area contributed by atoms with E-state index in [2.05, 4.69) is 13.0 Å². The Morgan fingerprint density at radius 3 is 2.50 bits per heavy atom. The Morgan fingerprint density at radius 2 is 1.85 bits per heavy atom. The molecule has 0 atom stereocenters. The number of methoxy groups -OCH3 is 1. The second-order valence-corrected chi connectivity index (χ2v) is 4.55. The monoisotopic (exact) mass is 267 g/mol. The molecule has 0 heterocycles. The van der Waals surface area contributed by atoms with Gasteiger partial charge in [0.1, 0.15) is 11.8 Å². The van der Waals surface area contributed by atoms with Crippen molar-refractivity contribution < 1.29 is 9.47 Å². The Hall–Kier alpha value is -2.47. The van der Waals surface area contributed by atoms with E-state index >= 15 is 0 Å². The highest BCUT2D eigenvalue weighted by molar-refractivity contribution is 5.50. The molecule has 0 aliphatic carbocycles. The van der Waals surface area contributed by atoms with Gasteiger partial charge >= 0.3 is 0 Å². The van der Waals surface area contributed by atoms with Crippen LogP contribution in [-0.2, 0) is 6.42 Å². The molecule has 0 unspecified atom stereocenters. The third kappa shape index (κ3) is 2.92. The van der Waals surface area contributed by atoms with Crippen molar-refractivity contribution in [2.24, 2.45) is 0 Å². The van der Waals surface area contributed by atoms with E-state index < -0.39 is 0 Å². The van der Waals surface area contributed by atoms with Crippen molar-refractivity contribution in [1.29, 1.82) is 5.26 Å². The fraction of sp³-hybridized carbons (Fsp3) is 0.235. The predicted octanol–water partition coefficient (Wildman–Crippen LogP) is 4.23. The summed E-state index contributed by atoms with van der Waals surface area (Å²) >= 11 is 0. The van der Waals surface area contributed by atoms with Gasteiger partial charge in [-0.15, -0.1) is 0 Å². The first-order valence-corrected chi connectivity index (χ1v) is 6.53. The zero-order chi connectivity index (χ0) is 14.5. The lowest BCUT2D eigenvalue weighted by molar-refractivity contribution is 0.378. The standard InChI is InChI=1S/C17H17NO2/c1-4-13-6-8-15(17(10-13)19-3)20-16-9-12(2)5-7-14(16)11-18/h5-10H,4H2,1-3H3. The molecular weight excluding hydrogens is 250 g/mol. The van der Waals surface area contributed by atoms with Gasteiger partial charge in [0.2, 0.25) is 0 Å². The van der Waals surface area contributed by atoms with Gasteiger partial charge in [-0.25, -0.2) is 0 Å². The molecule has 102 valence electrons. The Kier molecular flexibility index (Phi) is 4.27. The van der Waals surface area contributed by atoms with E-state index in [1.807, 2.05) is 37.3 Å². The fourth-order valence-electron chi connectivity index (χ4n) is 1.94. The van der Waals surface area contributed by atoms with Crippen molar-refractivity contribution >= 4 is 0 Å². The van der Waals surface area contributed by atoms with E-state index in [-0.39, 0.29) is 0 Å². The molecule has 0 fully saturated rings. The van der Waals surface area contributed by atoms with Gasteiger partial charge in [-0.05, 0) is 48.7 Å². The Morgan fingerprint density at radius 1 is 1.05 bits per heavy atom. The normalized spacial score (nSPS) is 9.90. The van der Waals surface area contributed by atoms with Crippen LogP contribution in [0.1, 0.15) is 23.6 Å². The number of ether oxygens (including phenoxy) is 2. The highest BCUT2D eigenvalue weighted by Gasteiger charge is 2.10. The summed E-state index contributed by atoms with van der Waals surface area (Å²) in [6.45, 7) is 4.05. The van der Waals surface area contributed by atoms with Crippen LogP contribution in [0.3, 0.4) is 0 Å². The molecule has 0 radical (unpaired) electrons. The highest BCUT2D eigenvalue weighted by atomic mass is 16.5. The van der Waals surface area contributed by atoms with E-state index in [9.17, 15) is 0 Å². The summed E-state index contributed by atoms with van der Waals surface area (Å²) in [5, 5.41) is 9.13. The van der Waals surface area contributed by atoms with Crippen LogP contribution < -0.4 is 9.47 Å². The second-order valence-electron chi connectivity index (χ2n) is 4.55. The molecule has 0 saturated heterocycles. The topological polar surface area (TPSA) is 42.2 Å². The summed E-state index contributed by atoms with van der Waals surface area (Å²) in [5.41, 5.74) is 2.74. The third-order valence-electron chi connectivity index (χ3n) is 3.11. The molecule has 3 nitrogen and oxygen atoms in total. The lowest BCUT2D eigenvalue weighted by Crippen LogP contribution is -1.94. The predicted molar refractivity (Wildman–Crippen MR) is 78.3 cm³/mol. The summed E-state index contributed by atoms with van der Waals surface area (Å²) in [7, 11) is 1.61. The minimum atomic E-state index is 0.511. The number of benzene rings is 2. The molecule has 0 spiro atoms. The molecule has 0 N–H and O–H groups in total.